The molecule has 0 bridgehead atoms. The minimum absolute atomic E-state index is 0.835. The summed E-state index contributed by atoms with van der Waals surface area (Å²) in [5, 5.41) is 6.25. The summed E-state index contributed by atoms with van der Waals surface area (Å²) in [5.41, 5.74) is 6.06. The lowest BCUT2D eigenvalue weighted by Crippen LogP contribution is -1.93. The number of hydrogen-bond donors (Lipinski definition) is 1. The summed E-state index contributed by atoms with van der Waals surface area (Å²) in [7, 11) is 1.66. The van der Waals surface area contributed by atoms with Gasteiger partial charge in [-0.2, -0.15) is 0 Å². The number of rotatable bonds is 4. The Kier molecular flexibility index (Phi) is 3.89. The van der Waals surface area contributed by atoms with Crippen molar-refractivity contribution in [2.24, 2.45) is 0 Å². The van der Waals surface area contributed by atoms with Crippen molar-refractivity contribution in [1.82, 2.24) is 14.4 Å². The highest BCUT2D eigenvalue weighted by atomic mass is 32.1. The molecule has 0 aliphatic carbocycles. The van der Waals surface area contributed by atoms with Gasteiger partial charge in [-0.3, -0.25) is 4.40 Å². The minimum Gasteiger partial charge on any atom is -0.497 e. The molecule has 1 N–H and O–H groups in total. The van der Waals surface area contributed by atoms with E-state index in [9.17, 15) is 0 Å². The highest BCUT2D eigenvalue weighted by Crippen LogP contribution is 2.30. The molecule has 0 fully saturated rings. The third-order valence-corrected chi connectivity index (χ3v) is 4.79. The van der Waals surface area contributed by atoms with Crippen LogP contribution in [0.5, 0.6) is 5.75 Å². The van der Waals surface area contributed by atoms with Crippen LogP contribution in [0.2, 0.25) is 0 Å². The summed E-state index contributed by atoms with van der Waals surface area (Å²) in [6.07, 6.45) is 2.10. The molecule has 1 aromatic carbocycles. The number of benzene rings is 1. The molecular weight excluding hydrogens is 332 g/mol. The van der Waals surface area contributed by atoms with E-state index in [1.807, 2.05) is 37.3 Å². The van der Waals surface area contributed by atoms with Crippen molar-refractivity contribution < 1.29 is 4.74 Å². The fourth-order valence-electron chi connectivity index (χ4n) is 2.81. The Labute approximate surface area is 150 Å². The Morgan fingerprint density at radius 2 is 1.84 bits per heavy atom. The highest BCUT2D eigenvalue weighted by molar-refractivity contribution is 7.14. The van der Waals surface area contributed by atoms with E-state index in [-0.39, 0.29) is 0 Å². The van der Waals surface area contributed by atoms with Crippen LogP contribution in [0.1, 0.15) is 11.3 Å². The second-order valence-corrected chi connectivity index (χ2v) is 6.73. The predicted octanol–water partition coefficient (Wildman–Crippen LogP) is 4.83. The van der Waals surface area contributed by atoms with Crippen LogP contribution in [0.3, 0.4) is 0 Å². The topological polar surface area (TPSA) is 51.5 Å². The molecule has 5 nitrogen and oxygen atoms in total. The highest BCUT2D eigenvalue weighted by Gasteiger charge is 2.14. The van der Waals surface area contributed by atoms with Crippen LogP contribution in [0, 0.1) is 13.8 Å². The van der Waals surface area contributed by atoms with Gasteiger partial charge in [0.05, 0.1) is 18.5 Å². The van der Waals surface area contributed by atoms with E-state index in [1.54, 1.807) is 18.4 Å². The zero-order valence-corrected chi connectivity index (χ0v) is 15.1. The van der Waals surface area contributed by atoms with Gasteiger partial charge in [0.25, 0.3) is 0 Å². The number of fused-ring (bicyclic) bond motifs is 1. The number of thiazole rings is 1. The van der Waals surface area contributed by atoms with Crippen molar-refractivity contribution >= 4 is 27.8 Å². The number of hydrogen-bond acceptors (Lipinski definition) is 5. The maximum atomic E-state index is 5.19. The van der Waals surface area contributed by atoms with Crippen molar-refractivity contribution in [3.8, 4) is 17.1 Å². The molecule has 3 heterocycles. The molecular formula is C19H18N4OS. The first-order valence-electron chi connectivity index (χ1n) is 7.96. The molecule has 25 heavy (non-hydrogen) atoms. The number of ether oxygens (including phenoxy) is 1. The van der Waals surface area contributed by atoms with Crippen molar-refractivity contribution in [3.63, 3.8) is 0 Å². The maximum Gasteiger partial charge on any atom is 0.187 e. The van der Waals surface area contributed by atoms with E-state index in [0.29, 0.717) is 0 Å². The number of pyridine rings is 1. The number of methoxy groups -OCH3 is 1. The number of aromatic nitrogens is 3. The third kappa shape index (κ3) is 2.96. The molecule has 0 aliphatic heterocycles. The third-order valence-electron chi connectivity index (χ3n) is 4.03. The summed E-state index contributed by atoms with van der Waals surface area (Å²) >= 11 is 1.58. The number of anilines is 2. The first-order chi connectivity index (χ1) is 12.1. The molecule has 0 saturated heterocycles. The molecule has 126 valence electrons. The van der Waals surface area contributed by atoms with Crippen molar-refractivity contribution in [3.05, 3.63) is 59.2 Å². The lowest BCUT2D eigenvalue weighted by atomic mass is 10.2. The average molecular weight is 350 g/mol. The Morgan fingerprint density at radius 3 is 2.60 bits per heavy atom. The smallest absolute Gasteiger partial charge is 0.187 e. The van der Waals surface area contributed by atoms with Gasteiger partial charge in [-0.1, -0.05) is 6.07 Å². The van der Waals surface area contributed by atoms with Crippen LogP contribution in [0.15, 0.2) is 48.0 Å². The van der Waals surface area contributed by atoms with Crippen molar-refractivity contribution in [2.75, 3.05) is 12.4 Å². The summed E-state index contributed by atoms with van der Waals surface area (Å²) in [4.78, 5) is 9.38. The van der Waals surface area contributed by atoms with Crippen LogP contribution < -0.4 is 10.1 Å². The largest absolute Gasteiger partial charge is 0.497 e. The summed E-state index contributed by atoms with van der Waals surface area (Å²) in [6, 6.07) is 11.9. The fourth-order valence-corrected chi connectivity index (χ4v) is 3.53. The van der Waals surface area contributed by atoms with E-state index in [4.69, 9.17) is 9.72 Å². The van der Waals surface area contributed by atoms with Gasteiger partial charge < -0.3 is 10.1 Å². The molecule has 6 heteroatoms. The first kappa shape index (κ1) is 15.7. The minimum atomic E-state index is 0.835. The molecule has 3 aromatic heterocycles. The lowest BCUT2D eigenvalue weighted by Gasteiger charge is -2.04. The summed E-state index contributed by atoms with van der Waals surface area (Å²) < 4.78 is 7.29. The average Bonchev–Trinajstić information content (AvgIpc) is 3.18. The second kappa shape index (κ2) is 6.22. The molecule has 0 spiro atoms. The Balaban J connectivity index is 1.67. The monoisotopic (exact) mass is 350 g/mol. The van der Waals surface area contributed by atoms with Gasteiger partial charge in [0.2, 0.25) is 0 Å². The van der Waals surface area contributed by atoms with Gasteiger partial charge in [0.15, 0.2) is 5.13 Å². The van der Waals surface area contributed by atoms with Crippen LogP contribution in [-0.4, -0.2) is 21.5 Å². The van der Waals surface area contributed by atoms with E-state index in [0.717, 1.165) is 39.3 Å². The fraction of sp³-hybridized carbons (Fsp3) is 0.158. The van der Waals surface area contributed by atoms with E-state index >= 15 is 0 Å². The van der Waals surface area contributed by atoms with E-state index in [2.05, 4.69) is 39.3 Å². The normalized spacial score (nSPS) is 11.0. The molecule has 0 unspecified atom stereocenters. The van der Waals surface area contributed by atoms with E-state index in [1.165, 1.54) is 5.56 Å². The number of imidazole rings is 1. The van der Waals surface area contributed by atoms with Crippen LogP contribution >= 0.6 is 11.3 Å². The molecule has 0 saturated carbocycles. The van der Waals surface area contributed by atoms with Gasteiger partial charge >= 0.3 is 0 Å². The Hall–Kier alpha value is -2.86. The summed E-state index contributed by atoms with van der Waals surface area (Å²) in [6.45, 7) is 4.10. The van der Waals surface area contributed by atoms with Gasteiger partial charge in [0, 0.05) is 17.3 Å². The molecule has 0 amide bonds. The number of aryl methyl sites for hydroxylation is 2. The Bertz CT molecular complexity index is 1030. The van der Waals surface area contributed by atoms with Crippen LogP contribution in [-0.2, 0) is 0 Å². The van der Waals surface area contributed by atoms with Gasteiger partial charge in [0.1, 0.15) is 17.1 Å². The summed E-state index contributed by atoms with van der Waals surface area (Å²) in [5.74, 6) is 0.835. The number of nitrogens with zero attached hydrogens (tertiary/aromatic N) is 3. The Morgan fingerprint density at radius 1 is 1.04 bits per heavy atom. The molecule has 0 radical (unpaired) electrons. The zero-order chi connectivity index (χ0) is 17.4. The van der Waals surface area contributed by atoms with Gasteiger partial charge in [-0.15, -0.1) is 11.3 Å². The lowest BCUT2D eigenvalue weighted by molar-refractivity contribution is 0.415. The maximum absolute atomic E-state index is 5.19. The molecule has 0 aliphatic rings. The number of nitrogens with one attached hydrogen (secondary N) is 1. The van der Waals surface area contributed by atoms with E-state index < -0.39 is 0 Å². The standard InChI is InChI=1S/C19H18N4OS/c1-12-4-9-17-20-13(2)18(23(17)10-12)16-11-25-19(22-16)21-14-5-7-15(24-3)8-6-14/h4-11H,1-3H3,(H,21,22). The van der Waals surface area contributed by atoms with Crippen LogP contribution in [0.25, 0.3) is 17.0 Å². The molecule has 4 rings (SSSR count). The quantitative estimate of drug-likeness (QED) is 0.573. The van der Waals surface area contributed by atoms with Gasteiger partial charge in [-0.25, -0.2) is 9.97 Å². The second-order valence-electron chi connectivity index (χ2n) is 5.87. The van der Waals surface area contributed by atoms with Gasteiger partial charge in [-0.05, 0) is 49.7 Å². The molecule has 4 aromatic rings. The SMILES string of the molecule is COc1ccc(Nc2nc(-c3c(C)nc4ccc(C)cn34)cs2)cc1. The molecule has 0 atom stereocenters. The van der Waals surface area contributed by atoms with Crippen LogP contribution in [0.4, 0.5) is 10.8 Å². The first-order valence-corrected chi connectivity index (χ1v) is 8.84. The predicted molar refractivity (Wildman–Crippen MR) is 102 cm³/mol. The van der Waals surface area contributed by atoms with Crippen molar-refractivity contribution in [2.45, 2.75) is 13.8 Å². The zero-order valence-electron chi connectivity index (χ0n) is 14.3. The van der Waals surface area contributed by atoms with Crippen molar-refractivity contribution in [1.29, 1.82) is 0 Å².